The Labute approximate surface area is 140 Å². The molecular weight excluding hydrogens is 288 g/mol. The molecule has 2 rings (SSSR count). The van der Waals surface area contributed by atoms with Gasteiger partial charge in [0.25, 0.3) is 0 Å². The van der Waals surface area contributed by atoms with Gasteiger partial charge in [-0.05, 0) is 38.5 Å². The molecule has 0 radical (unpaired) electrons. The van der Waals surface area contributed by atoms with E-state index in [2.05, 4.69) is 51.2 Å². The van der Waals surface area contributed by atoms with Crippen molar-refractivity contribution in [3.8, 4) is 0 Å². The van der Waals surface area contributed by atoms with Crippen LogP contribution >= 0.6 is 0 Å². The van der Waals surface area contributed by atoms with Crippen molar-refractivity contribution in [3.63, 3.8) is 0 Å². The van der Waals surface area contributed by atoms with Crippen molar-refractivity contribution in [2.75, 3.05) is 7.05 Å². The minimum Gasteiger partial charge on any atom is -0.354 e. The normalized spacial score (nSPS) is 16.8. The van der Waals surface area contributed by atoms with Crippen LogP contribution in [0.2, 0.25) is 0 Å². The summed E-state index contributed by atoms with van der Waals surface area (Å²) in [5, 5.41) is 15.5. The lowest BCUT2D eigenvalue weighted by Crippen LogP contribution is -2.42. The van der Waals surface area contributed by atoms with Gasteiger partial charge in [-0.2, -0.15) is 0 Å². The Bertz CT molecular complexity index is 505. The van der Waals surface area contributed by atoms with Gasteiger partial charge in [-0.1, -0.05) is 20.3 Å². The number of aliphatic imine (C=N–C) groups is 1. The van der Waals surface area contributed by atoms with E-state index in [1.807, 2.05) is 7.05 Å². The van der Waals surface area contributed by atoms with Crippen molar-refractivity contribution in [1.82, 2.24) is 25.4 Å². The zero-order valence-corrected chi connectivity index (χ0v) is 15.1. The number of aromatic nitrogens is 3. The number of guanidine groups is 1. The highest BCUT2D eigenvalue weighted by Crippen LogP contribution is 2.14. The van der Waals surface area contributed by atoms with Crippen LogP contribution in [0, 0.1) is 5.92 Å². The Morgan fingerprint density at radius 2 is 2.00 bits per heavy atom. The zero-order valence-electron chi connectivity index (χ0n) is 15.1. The van der Waals surface area contributed by atoms with E-state index in [4.69, 9.17) is 0 Å². The first-order valence-corrected chi connectivity index (χ1v) is 8.98. The molecule has 1 atom stereocenters. The molecule has 2 N–H and O–H groups in total. The molecule has 1 unspecified atom stereocenters. The largest absolute Gasteiger partial charge is 0.354 e. The molecule has 0 aliphatic carbocycles. The summed E-state index contributed by atoms with van der Waals surface area (Å²) in [4.78, 5) is 4.32. The first-order valence-electron chi connectivity index (χ1n) is 8.98. The van der Waals surface area contributed by atoms with Gasteiger partial charge in [0.2, 0.25) is 0 Å². The quantitative estimate of drug-likeness (QED) is 0.624. The second-order valence-corrected chi connectivity index (χ2v) is 6.94. The molecule has 23 heavy (non-hydrogen) atoms. The Morgan fingerprint density at radius 1 is 1.17 bits per heavy atom. The molecule has 2 heterocycles. The fraction of sp³-hybridized carbons (Fsp3) is 0.824. The Balaban J connectivity index is 1.85. The fourth-order valence-electron chi connectivity index (χ4n) is 2.92. The standard InChI is InChI=1S/C17H32N6/c1-13(2)9-10-14(3)20-17(18-4)19-12-16-22-21-15-8-6-5-7-11-23(15)16/h13-14H,5-12H2,1-4H3,(H2,18,19,20). The van der Waals surface area contributed by atoms with E-state index in [-0.39, 0.29) is 0 Å². The van der Waals surface area contributed by atoms with Crippen LogP contribution in [-0.4, -0.2) is 33.8 Å². The third-order valence-corrected chi connectivity index (χ3v) is 4.38. The first-order chi connectivity index (χ1) is 11.1. The molecular formula is C17H32N6. The highest BCUT2D eigenvalue weighted by molar-refractivity contribution is 5.79. The van der Waals surface area contributed by atoms with Gasteiger partial charge in [-0.3, -0.25) is 4.99 Å². The average Bonchev–Trinajstić information content (AvgIpc) is 2.76. The van der Waals surface area contributed by atoms with Crippen LogP contribution in [0.3, 0.4) is 0 Å². The van der Waals surface area contributed by atoms with E-state index < -0.39 is 0 Å². The predicted octanol–water partition coefficient (Wildman–Crippen LogP) is 2.49. The summed E-state index contributed by atoms with van der Waals surface area (Å²) in [5.74, 6) is 3.72. The molecule has 6 nitrogen and oxygen atoms in total. The molecule has 0 fully saturated rings. The maximum atomic E-state index is 4.35. The number of hydrogen-bond donors (Lipinski definition) is 2. The van der Waals surface area contributed by atoms with Crippen molar-refractivity contribution in [2.45, 2.75) is 78.4 Å². The lowest BCUT2D eigenvalue weighted by atomic mass is 10.0. The van der Waals surface area contributed by atoms with Gasteiger partial charge in [0, 0.05) is 26.1 Å². The molecule has 1 aliphatic heterocycles. The highest BCUT2D eigenvalue weighted by atomic mass is 15.3. The SMILES string of the molecule is CN=C(NCc1nnc2n1CCCCC2)NC(C)CCC(C)C. The number of hydrogen-bond acceptors (Lipinski definition) is 3. The van der Waals surface area contributed by atoms with E-state index in [1.165, 1.54) is 25.7 Å². The minimum absolute atomic E-state index is 0.416. The van der Waals surface area contributed by atoms with Gasteiger partial charge in [0.05, 0.1) is 6.54 Å². The molecule has 1 aliphatic rings. The first kappa shape index (κ1) is 17.8. The minimum atomic E-state index is 0.416. The summed E-state index contributed by atoms with van der Waals surface area (Å²) in [6.45, 7) is 8.44. The van der Waals surface area contributed by atoms with E-state index in [0.717, 1.165) is 42.9 Å². The summed E-state index contributed by atoms with van der Waals surface area (Å²) < 4.78 is 2.27. The Hall–Kier alpha value is -1.59. The van der Waals surface area contributed by atoms with Crippen molar-refractivity contribution in [3.05, 3.63) is 11.6 Å². The van der Waals surface area contributed by atoms with Crippen LogP contribution in [0.4, 0.5) is 0 Å². The number of rotatable bonds is 6. The number of nitrogens with one attached hydrogen (secondary N) is 2. The van der Waals surface area contributed by atoms with Gasteiger partial charge in [-0.15, -0.1) is 10.2 Å². The smallest absolute Gasteiger partial charge is 0.191 e. The average molecular weight is 320 g/mol. The van der Waals surface area contributed by atoms with Crippen molar-refractivity contribution >= 4 is 5.96 Å². The van der Waals surface area contributed by atoms with E-state index in [0.29, 0.717) is 12.6 Å². The zero-order chi connectivity index (χ0) is 16.7. The van der Waals surface area contributed by atoms with Crippen molar-refractivity contribution in [1.29, 1.82) is 0 Å². The Morgan fingerprint density at radius 3 is 2.74 bits per heavy atom. The van der Waals surface area contributed by atoms with Crippen molar-refractivity contribution in [2.24, 2.45) is 10.9 Å². The molecule has 0 saturated carbocycles. The summed E-state index contributed by atoms with van der Waals surface area (Å²) in [6, 6.07) is 0.416. The van der Waals surface area contributed by atoms with Crippen LogP contribution in [0.1, 0.15) is 64.5 Å². The molecule has 130 valence electrons. The molecule has 0 aromatic carbocycles. The topological polar surface area (TPSA) is 67.1 Å². The van der Waals surface area contributed by atoms with Gasteiger partial charge < -0.3 is 15.2 Å². The van der Waals surface area contributed by atoms with Crippen LogP contribution in [-0.2, 0) is 19.5 Å². The van der Waals surface area contributed by atoms with E-state index in [9.17, 15) is 0 Å². The second-order valence-electron chi connectivity index (χ2n) is 6.94. The van der Waals surface area contributed by atoms with Crippen molar-refractivity contribution < 1.29 is 0 Å². The molecule has 1 aromatic rings. The summed E-state index contributed by atoms with van der Waals surface area (Å²) in [5.41, 5.74) is 0. The number of nitrogens with zero attached hydrogens (tertiary/aromatic N) is 4. The fourth-order valence-corrected chi connectivity index (χ4v) is 2.92. The molecule has 0 spiro atoms. The van der Waals surface area contributed by atoms with Crippen LogP contribution in [0.5, 0.6) is 0 Å². The van der Waals surface area contributed by atoms with Crippen LogP contribution in [0.25, 0.3) is 0 Å². The molecule has 0 bridgehead atoms. The second kappa shape index (κ2) is 8.89. The third-order valence-electron chi connectivity index (χ3n) is 4.38. The molecule has 6 heteroatoms. The van der Waals surface area contributed by atoms with Gasteiger partial charge in [-0.25, -0.2) is 0 Å². The van der Waals surface area contributed by atoms with E-state index >= 15 is 0 Å². The van der Waals surface area contributed by atoms with Crippen LogP contribution < -0.4 is 10.6 Å². The van der Waals surface area contributed by atoms with Gasteiger partial charge >= 0.3 is 0 Å². The maximum absolute atomic E-state index is 4.35. The number of aryl methyl sites for hydroxylation is 1. The Kier molecular flexibility index (Phi) is 6.86. The third kappa shape index (κ3) is 5.52. The monoisotopic (exact) mass is 320 g/mol. The summed E-state index contributed by atoms with van der Waals surface area (Å²) in [7, 11) is 1.81. The lowest BCUT2D eigenvalue weighted by molar-refractivity contribution is 0.488. The summed E-state index contributed by atoms with van der Waals surface area (Å²) >= 11 is 0. The number of fused-ring (bicyclic) bond motifs is 1. The molecule has 1 aromatic heterocycles. The predicted molar refractivity (Wildman–Crippen MR) is 94.4 cm³/mol. The lowest BCUT2D eigenvalue weighted by Gasteiger charge is -2.18. The van der Waals surface area contributed by atoms with Gasteiger partial charge in [0.1, 0.15) is 5.82 Å². The van der Waals surface area contributed by atoms with Gasteiger partial charge in [0.15, 0.2) is 11.8 Å². The molecule has 0 saturated heterocycles. The highest BCUT2D eigenvalue weighted by Gasteiger charge is 2.15. The maximum Gasteiger partial charge on any atom is 0.191 e. The summed E-state index contributed by atoms with van der Waals surface area (Å²) in [6.07, 6.45) is 7.15. The van der Waals surface area contributed by atoms with E-state index in [1.54, 1.807) is 0 Å². The molecule has 0 amide bonds. The van der Waals surface area contributed by atoms with Crippen LogP contribution in [0.15, 0.2) is 4.99 Å².